The van der Waals surface area contributed by atoms with Gasteiger partial charge in [-0.15, -0.1) is 11.8 Å². The molecule has 0 bridgehead atoms. The van der Waals surface area contributed by atoms with Crippen LogP contribution in [0.1, 0.15) is 11.6 Å². The van der Waals surface area contributed by atoms with Crippen LogP contribution in [-0.2, 0) is 0 Å². The SMILES string of the molecule is NNC(CSc1ccc(Br)cc1)c1ccc(F)c(F)c1. The van der Waals surface area contributed by atoms with Gasteiger partial charge in [0.1, 0.15) is 0 Å². The molecule has 0 saturated heterocycles. The van der Waals surface area contributed by atoms with Gasteiger partial charge < -0.3 is 0 Å². The van der Waals surface area contributed by atoms with E-state index in [0.717, 1.165) is 15.4 Å². The number of nitrogens with one attached hydrogen (secondary N) is 1. The van der Waals surface area contributed by atoms with Crippen molar-refractivity contribution in [3.63, 3.8) is 0 Å². The molecule has 0 heterocycles. The molecule has 0 radical (unpaired) electrons. The highest BCUT2D eigenvalue weighted by atomic mass is 79.9. The monoisotopic (exact) mass is 358 g/mol. The van der Waals surface area contributed by atoms with Crippen molar-refractivity contribution in [2.45, 2.75) is 10.9 Å². The summed E-state index contributed by atoms with van der Waals surface area (Å²) in [6.07, 6.45) is 0. The van der Waals surface area contributed by atoms with Gasteiger partial charge in [-0.25, -0.2) is 8.78 Å². The summed E-state index contributed by atoms with van der Waals surface area (Å²) in [4.78, 5) is 1.08. The zero-order valence-corrected chi connectivity index (χ0v) is 12.8. The first-order valence-electron chi connectivity index (χ1n) is 5.89. The van der Waals surface area contributed by atoms with Gasteiger partial charge in [-0.2, -0.15) is 0 Å². The average molecular weight is 359 g/mol. The second-order valence-corrected chi connectivity index (χ2v) is 6.17. The zero-order chi connectivity index (χ0) is 14.5. The summed E-state index contributed by atoms with van der Waals surface area (Å²) in [5.74, 6) is 4.39. The van der Waals surface area contributed by atoms with Crippen LogP contribution in [0.5, 0.6) is 0 Å². The quantitative estimate of drug-likeness (QED) is 0.481. The number of hydrogen-bond acceptors (Lipinski definition) is 3. The van der Waals surface area contributed by atoms with Crippen molar-refractivity contribution in [1.29, 1.82) is 0 Å². The molecule has 1 unspecified atom stereocenters. The predicted octanol–water partition coefficient (Wildman–Crippen LogP) is 4.02. The maximum Gasteiger partial charge on any atom is 0.159 e. The van der Waals surface area contributed by atoms with E-state index in [9.17, 15) is 8.78 Å². The molecule has 6 heteroatoms. The normalized spacial score (nSPS) is 12.4. The molecule has 0 saturated carbocycles. The van der Waals surface area contributed by atoms with E-state index >= 15 is 0 Å². The third-order valence-electron chi connectivity index (χ3n) is 2.78. The van der Waals surface area contributed by atoms with E-state index in [1.807, 2.05) is 24.3 Å². The van der Waals surface area contributed by atoms with Crippen molar-refractivity contribution in [3.8, 4) is 0 Å². The lowest BCUT2D eigenvalue weighted by Gasteiger charge is -2.16. The van der Waals surface area contributed by atoms with E-state index in [1.165, 1.54) is 12.1 Å². The van der Waals surface area contributed by atoms with Crippen LogP contribution >= 0.6 is 27.7 Å². The minimum atomic E-state index is -0.864. The maximum absolute atomic E-state index is 13.2. The first-order chi connectivity index (χ1) is 9.60. The Morgan fingerprint density at radius 3 is 2.40 bits per heavy atom. The van der Waals surface area contributed by atoms with Gasteiger partial charge in [0, 0.05) is 15.1 Å². The number of thioether (sulfide) groups is 1. The Labute approximate surface area is 128 Å². The summed E-state index contributed by atoms with van der Waals surface area (Å²) < 4.78 is 27.2. The maximum atomic E-state index is 13.2. The number of halogens is 3. The van der Waals surface area contributed by atoms with Gasteiger partial charge in [-0.3, -0.25) is 11.3 Å². The summed E-state index contributed by atoms with van der Waals surface area (Å²) in [5, 5.41) is 0. The van der Waals surface area contributed by atoms with Crippen molar-refractivity contribution in [2.24, 2.45) is 5.84 Å². The molecule has 1 atom stereocenters. The van der Waals surface area contributed by atoms with E-state index in [0.29, 0.717) is 11.3 Å². The van der Waals surface area contributed by atoms with E-state index in [1.54, 1.807) is 11.8 Å². The smallest absolute Gasteiger partial charge is 0.159 e. The van der Waals surface area contributed by atoms with Crippen molar-refractivity contribution < 1.29 is 8.78 Å². The van der Waals surface area contributed by atoms with Gasteiger partial charge >= 0.3 is 0 Å². The molecule has 2 aromatic carbocycles. The van der Waals surface area contributed by atoms with E-state index < -0.39 is 11.6 Å². The van der Waals surface area contributed by atoms with Gasteiger partial charge in [-0.1, -0.05) is 22.0 Å². The lowest BCUT2D eigenvalue weighted by Crippen LogP contribution is -2.29. The van der Waals surface area contributed by atoms with Gasteiger partial charge in [0.15, 0.2) is 11.6 Å². The van der Waals surface area contributed by atoms with Crippen LogP contribution < -0.4 is 11.3 Å². The third kappa shape index (κ3) is 4.02. The molecule has 2 aromatic rings. The topological polar surface area (TPSA) is 38.0 Å². The summed E-state index contributed by atoms with van der Waals surface area (Å²) in [6.45, 7) is 0. The van der Waals surface area contributed by atoms with Crippen molar-refractivity contribution in [1.82, 2.24) is 5.43 Å². The van der Waals surface area contributed by atoms with Gasteiger partial charge in [0.2, 0.25) is 0 Å². The van der Waals surface area contributed by atoms with E-state index in [-0.39, 0.29) is 6.04 Å². The highest BCUT2D eigenvalue weighted by molar-refractivity contribution is 9.10. The molecule has 0 amide bonds. The second kappa shape index (κ2) is 7.17. The Morgan fingerprint density at radius 2 is 1.80 bits per heavy atom. The minimum absolute atomic E-state index is 0.251. The number of rotatable bonds is 5. The molecule has 0 aliphatic heterocycles. The molecule has 20 heavy (non-hydrogen) atoms. The fourth-order valence-corrected chi connectivity index (χ4v) is 2.92. The predicted molar refractivity (Wildman–Crippen MR) is 81.3 cm³/mol. The van der Waals surface area contributed by atoms with Crippen LogP contribution in [0.15, 0.2) is 51.8 Å². The molecule has 3 N–H and O–H groups in total. The second-order valence-electron chi connectivity index (χ2n) is 4.16. The van der Waals surface area contributed by atoms with E-state index in [4.69, 9.17) is 5.84 Å². The molecule has 2 rings (SSSR count). The molecule has 0 spiro atoms. The van der Waals surface area contributed by atoms with E-state index in [2.05, 4.69) is 21.4 Å². The third-order valence-corrected chi connectivity index (χ3v) is 4.41. The summed E-state index contributed by atoms with van der Waals surface area (Å²) in [6, 6.07) is 11.4. The Bertz CT molecular complexity index is 578. The van der Waals surface area contributed by atoms with Crippen molar-refractivity contribution >= 4 is 27.7 Å². The van der Waals surface area contributed by atoms with Crippen LogP contribution in [0.4, 0.5) is 8.78 Å². The Kier molecular flexibility index (Phi) is 5.54. The largest absolute Gasteiger partial charge is 0.271 e. The molecule has 0 fully saturated rings. The van der Waals surface area contributed by atoms with Crippen LogP contribution in [-0.4, -0.2) is 5.75 Å². The van der Waals surface area contributed by atoms with Gasteiger partial charge in [0.25, 0.3) is 0 Å². The molecule has 106 valence electrons. The molecular weight excluding hydrogens is 346 g/mol. The Morgan fingerprint density at radius 1 is 1.10 bits per heavy atom. The lowest BCUT2D eigenvalue weighted by atomic mass is 10.1. The molecular formula is C14H13BrF2N2S. The molecule has 0 aromatic heterocycles. The Hall–Kier alpha value is -0.950. The lowest BCUT2D eigenvalue weighted by molar-refractivity contribution is 0.502. The highest BCUT2D eigenvalue weighted by Gasteiger charge is 2.13. The first-order valence-corrected chi connectivity index (χ1v) is 7.67. The van der Waals surface area contributed by atoms with Crippen LogP contribution in [0.3, 0.4) is 0 Å². The molecule has 0 aliphatic rings. The minimum Gasteiger partial charge on any atom is -0.271 e. The average Bonchev–Trinajstić information content (AvgIpc) is 2.45. The highest BCUT2D eigenvalue weighted by Crippen LogP contribution is 2.26. The fourth-order valence-electron chi connectivity index (χ4n) is 1.68. The van der Waals surface area contributed by atoms with Crippen LogP contribution in [0, 0.1) is 11.6 Å². The van der Waals surface area contributed by atoms with Gasteiger partial charge in [-0.05, 0) is 42.0 Å². The number of benzene rings is 2. The van der Waals surface area contributed by atoms with Gasteiger partial charge in [0.05, 0.1) is 6.04 Å². The molecule has 2 nitrogen and oxygen atoms in total. The fraction of sp³-hybridized carbons (Fsp3) is 0.143. The van der Waals surface area contributed by atoms with Crippen molar-refractivity contribution in [3.05, 3.63) is 64.1 Å². The summed E-state index contributed by atoms with van der Waals surface area (Å²) >= 11 is 4.96. The summed E-state index contributed by atoms with van der Waals surface area (Å²) in [7, 11) is 0. The van der Waals surface area contributed by atoms with Crippen LogP contribution in [0.2, 0.25) is 0 Å². The van der Waals surface area contributed by atoms with Crippen LogP contribution in [0.25, 0.3) is 0 Å². The standard InChI is InChI=1S/C14H13BrF2N2S/c15-10-2-4-11(5-3-10)20-8-14(19-18)9-1-6-12(16)13(17)7-9/h1-7,14,19H,8,18H2. The zero-order valence-electron chi connectivity index (χ0n) is 10.4. The number of hydrazine groups is 1. The number of hydrogen-bond donors (Lipinski definition) is 2. The number of nitrogens with two attached hydrogens (primary N) is 1. The first kappa shape index (κ1) is 15.4. The van der Waals surface area contributed by atoms with Crippen molar-refractivity contribution in [2.75, 3.05) is 5.75 Å². The summed E-state index contributed by atoms with van der Waals surface area (Å²) in [5.41, 5.74) is 3.25. The molecule has 0 aliphatic carbocycles. The Balaban J connectivity index is 2.05.